The van der Waals surface area contributed by atoms with Crippen LogP contribution in [0.4, 0.5) is 0 Å². The van der Waals surface area contributed by atoms with Crippen LogP contribution < -0.4 is 0 Å². The van der Waals surface area contributed by atoms with Gasteiger partial charge in [0.2, 0.25) is 0 Å². The molecule has 3 heterocycles. The fourth-order valence-electron chi connectivity index (χ4n) is 3.39. The van der Waals surface area contributed by atoms with E-state index in [4.69, 9.17) is 0 Å². The summed E-state index contributed by atoms with van der Waals surface area (Å²) in [7, 11) is 0. The van der Waals surface area contributed by atoms with E-state index >= 15 is 0 Å². The zero-order chi connectivity index (χ0) is 16.2. The van der Waals surface area contributed by atoms with Crippen molar-refractivity contribution in [2.45, 2.75) is 58.7 Å². The SMILES string of the molecule is CCn1nc(C)cc1C(=O)N1CCCCC1CCn1ccnc1. The Bertz CT molecular complexity index is 646. The molecule has 1 amide bonds. The molecule has 1 aliphatic rings. The van der Waals surface area contributed by atoms with Crippen LogP contribution in [0, 0.1) is 6.92 Å². The van der Waals surface area contributed by atoms with Crippen LogP contribution in [0.1, 0.15) is 48.8 Å². The summed E-state index contributed by atoms with van der Waals surface area (Å²) in [6.07, 6.45) is 9.96. The summed E-state index contributed by atoms with van der Waals surface area (Å²) < 4.78 is 3.90. The van der Waals surface area contributed by atoms with E-state index in [1.807, 2.05) is 37.1 Å². The molecule has 2 aromatic rings. The van der Waals surface area contributed by atoms with Gasteiger partial charge >= 0.3 is 0 Å². The van der Waals surface area contributed by atoms with Gasteiger partial charge in [0.05, 0.1) is 12.0 Å². The van der Waals surface area contributed by atoms with E-state index in [2.05, 4.69) is 19.5 Å². The molecule has 2 aromatic heterocycles. The molecule has 6 heteroatoms. The molecular weight excluding hydrogens is 290 g/mol. The average molecular weight is 315 g/mol. The number of rotatable bonds is 5. The summed E-state index contributed by atoms with van der Waals surface area (Å²) in [5, 5.41) is 4.41. The minimum Gasteiger partial charge on any atom is -0.337 e. The van der Waals surface area contributed by atoms with Gasteiger partial charge in [-0.1, -0.05) is 0 Å². The predicted molar refractivity (Wildman–Crippen MR) is 88.2 cm³/mol. The molecule has 124 valence electrons. The summed E-state index contributed by atoms with van der Waals surface area (Å²) in [6, 6.07) is 2.21. The van der Waals surface area contributed by atoms with Crippen molar-refractivity contribution in [3.63, 3.8) is 0 Å². The van der Waals surface area contributed by atoms with Gasteiger partial charge in [-0.3, -0.25) is 9.48 Å². The Balaban J connectivity index is 1.73. The Morgan fingerprint density at radius 2 is 2.26 bits per heavy atom. The molecule has 0 bridgehead atoms. The Kier molecular flexibility index (Phi) is 4.79. The largest absolute Gasteiger partial charge is 0.337 e. The topological polar surface area (TPSA) is 56.0 Å². The third kappa shape index (κ3) is 3.46. The van der Waals surface area contributed by atoms with Gasteiger partial charge in [0, 0.05) is 38.1 Å². The minimum atomic E-state index is 0.128. The third-order valence-corrected chi connectivity index (χ3v) is 4.59. The number of carbonyl (C=O) groups excluding carboxylic acids is 1. The van der Waals surface area contributed by atoms with Gasteiger partial charge in [-0.15, -0.1) is 0 Å². The van der Waals surface area contributed by atoms with Crippen molar-refractivity contribution in [1.29, 1.82) is 0 Å². The molecule has 0 saturated carbocycles. The number of hydrogen-bond donors (Lipinski definition) is 0. The Morgan fingerprint density at radius 3 is 3.00 bits per heavy atom. The maximum atomic E-state index is 13.0. The molecular formula is C17H25N5O. The van der Waals surface area contributed by atoms with Gasteiger partial charge in [-0.25, -0.2) is 4.98 Å². The van der Waals surface area contributed by atoms with Crippen molar-refractivity contribution in [3.05, 3.63) is 36.2 Å². The minimum absolute atomic E-state index is 0.128. The fourth-order valence-corrected chi connectivity index (χ4v) is 3.39. The lowest BCUT2D eigenvalue weighted by Gasteiger charge is -2.36. The molecule has 1 saturated heterocycles. The van der Waals surface area contributed by atoms with E-state index in [0.29, 0.717) is 6.04 Å². The molecule has 0 N–H and O–H groups in total. The molecule has 6 nitrogen and oxygen atoms in total. The molecule has 1 atom stereocenters. The first-order valence-electron chi connectivity index (χ1n) is 8.50. The second-order valence-electron chi connectivity index (χ2n) is 6.22. The van der Waals surface area contributed by atoms with Gasteiger partial charge in [-0.2, -0.15) is 5.10 Å². The van der Waals surface area contributed by atoms with E-state index in [-0.39, 0.29) is 5.91 Å². The van der Waals surface area contributed by atoms with Gasteiger partial charge in [0.15, 0.2) is 0 Å². The van der Waals surface area contributed by atoms with Crippen molar-refractivity contribution in [3.8, 4) is 0 Å². The summed E-state index contributed by atoms with van der Waals surface area (Å²) in [5.41, 5.74) is 1.63. The molecule has 1 unspecified atom stereocenters. The molecule has 0 spiro atoms. The van der Waals surface area contributed by atoms with Crippen molar-refractivity contribution >= 4 is 5.91 Å². The highest BCUT2D eigenvalue weighted by Gasteiger charge is 2.29. The van der Waals surface area contributed by atoms with Crippen LogP contribution in [0.15, 0.2) is 24.8 Å². The summed E-state index contributed by atoms with van der Waals surface area (Å²) in [4.78, 5) is 19.2. The first-order valence-corrected chi connectivity index (χ1v) is 8.50. The smallest absolute Gasteiger partial charge is 0.272 e. The lowest BCUT2D eigenvalue weighted by molar-refractivity contribution is 0.0582. The maximum Gasteiger partial charge on any atom is 0.272 e. The molecule has 23 heavy (non-hydrogen) atoms. The third-order valence-electron chi connectivity index (χ3n) is 4.59. The van der Waals surface area contributed by atoms with Gasteiger partial charge in [-0.05, 0) is 45.6 Å². The number of imidazole rings is 1. The number of hydrogen-bond acceptors (Lipinski definition) is 3. The molecule has 1 fully saturated rings. The highest BCUT2D eigenvalue weighted by Crippen LogP contribution is 2.23. The van der Waals surface area contributed by atoms with E-state index in [1.165, 1.54) is 6.42 Å². The number of likely N-dealkylation sites (tertiary alicyclic amines) is 1. The van der Waals surface area contributed by atoms with Crippen molar-refractivity contribution in [1.82, 2.24) is 24.2 Å². The van der Waals surface area contributed by atoms with E-state index in [0.717, 1.165) is 50.3 Å². The number of aryl methyl sites for hydroxylation is 3. The zero-order valence-corrected chi connectivity index (χ0v) is 14.0. The normalized spacial score (nSPS) is 18.3. The predicted octanol–water partition coefficient (Wildman–Crippen LogP) is 2.49. The van der Waals surface area contributed by atoms with Crippen LogP contribution in [0.5, 0.6) is 0 Å². The molecule has 1 aliphatic heterocycles. The number of nitrogens with zero attached hydrogens (tertiary/aromatic N) is 5. The van der Waals surface area contributed by atoms with Crippen LogP contribution in [0.2, 0.25) is 0 Å². The lowest BCUT2D eigenvalue weighted by atomic mass is 9.98. The maximum absolute atomic E-state index is 13.0. The number of amides is 1. The van der Waals surface area contributed by atoms with Crippen molar-refractivity contribution in [2.75, 3.05) is 6.54 Å². The second-order valence-corrected chi connectivity index (χ2v) is 6.22. The highest BCUT2D eigenvalue weighted by molar-refractivity contribution is 5.93. The first kappa shape index (κ1) is 15.8. The second kappa shape index (κ2) is 6.98. The van der Waals surface area contributed by atoms with Crippen LogP contribution >= 0.6 is 0 Å². The quantitative estimate of drug-likeness (QED) is 0.852. The Labute approximate surface area is 137 Å². The monoisotopic (exact) mass is 315 g/mol. The highest BCUT2D eigenvalue weighted by atomic mass is 16.2. The number of carbonyl (C=O) groups is 1. The van der Waals surface area contributed by atoms with Gasteiger partial charge in [0.1, 0.15) is 5.69 Å². The van der Waals surface area contributed by atoms with Crippen LogP contribution in [0.3, 0.4) is 0 Å². The van der Waals surface area contributed by atoms with Crippen molar-refractivity contribution in [2.24, 2.45) is 0 Å². The molecule has 0 aliphatic carbocycles. The fraction of sp³-hybridized carbons (Fsp3) is 0.588. The summed E-state index contributed by atoms with van der Waals surface area (Å²) in [6.45, 7) is 6.44. The molecule has 0 radical (unpaired) electrons. The number of aromatic nitrogens is 4. The van der Waals surface area contributed by atoms with E-state index < -0.39 is 0 Å². The standard InChI is InChI=1S/C17H25N5O/c1-3-22-16(12-14(2)19-22)17(23)21-9-5-4-6-15(21)7-10-20-11-8-18-13-20/h8,11-13,15H,3-7,9-10H2,1-2H3. The number of piperidine rings is 1. The van der Waals surface area contributed by atoms with E-state index in [1.54, 1.807) is 6.20 Å². The van der Waals surface area contributed by atoms with Crippen molar-refractivity contribution < 1.29 is 4.79 Å². The Hall–Kier alpha value is -2.11. The van der Waals surface area contributed by atoms with E-state index in [9.17, 15) is 4.79 Å². The van der Waals surface area contributed by atoms with Gasteiger partial charge in [0.25, 0.3) is 5.91 Å². The zero-order valence-electron chi connectivity index (χ0n) is 14.0. The van der Waals surface area contributed by atoms with Crippen LogP contribution in [0.25, 0.3) is 0 Å². The van der Waals surface area contributed by atoms with Crippen LogP contribution in [-0.2, 0) is 13.1 Å². The molecule has 0 aromatic carbocycles. The average Bonchev–Trinajstić information content (AvgIpc) is 3.21. The summed E-state index contributed by atoms with van der Waals surface area (Å²) in [5.74, 6) is 0.128. The molecule has 3 rings (SSSR count). The van der Waals surface area contributed by atoms with Crippen LogP contribution in [-0.4, -0.2) is 42.7 Å². The van der Waals surface area contributed by atoms with Gasteiger partial charge < -0.3 is 9.47 Å². The lowest BCUT2D eigenvalue weighted by Crippen LogP contribution is -2.44. The summed E-state index contributed by atoms with van der Waals surface area (Å²) >= 11 is 0. The Morgan fingerprint density at radius 1 is 1.39 bits per heavy atom. The first-order chi connectivity index (χ1) is 11.2.